The Kier molecular flexibility index (Phi) is 3.82. The number of H-pyrrole nitrogens is 1. The van der Waals surface area contributed by atoms with Gasteiger partial charge in [0.05, 0.1) is 5.69 Å². The van der Waals surface area contributed by atoms with Gasteiger partial charge in [-0.05, 0) is 19.3 Å². The molecule has 0 unspecified atom stereocenters. The van der Waals surface area contributed by atoms with Gasteiger partial charge in [0.2, 0.25) is 0 Å². The zero-order valence-corrected chi connectivity index (χ0v) is 10.3. The van der Waals surface area contributed by atoms with E-state index in [1.54, 1.807) is 0 Å². The van der Waals surface area contributed by atoms with Gasteiger partial charge in [0.15, 0.2) is 0 Å². The highest BCUT2D eigenvalue weighted by molar-refractivity contribution is 5.69. The van der Waals surface area contributed by atoms with E-state index in [9.17, 15) is 4.79 Å². The first-order valence-corrected chi connectivity index (χ1v) is 6.50. The largest absolute Gasteiger partial charge is 0.481 e. The van der Waals surface area contributed by atoms with Crippen LogP contribution in [0.3, 0.4) is 0 Å². The third-order valence-electron chi connectivity index (χ3n) is 3.52. The smallest absolute Gasteiger partial charge is 0.311 e. The van der Waals surface area contributed by atoms with Crippen molar-refractivity contribution in [2.24, 2.45) is 0 Å². The molecule has 1 aromatic rings. The summed E-state index contributed by atoms with van der Waals surface area (Å²) in [6, 6.07) is 0. The molecule has 4 heteroatoms. The van der Waals surface area contributed by atoms with Gasteiger partial charge in [-0.3, -0.25) is 4.79 Å². The molecule has 94 valence electrons. The Hall–Kier alpha value is -1.32. The van der Waals surface area contributed by atoms with E-state index in [2.05, 4.69) is 16.9 Å². The van der Waals surface area contributed by atoms with Crippen molar-refractivity contribution in [1.82, 2.24) is 9.97 Å². The number of aromatic nitrogens is 2. The molecule has 0 aliphatic heterocycles. The van der Waals surface area contributed by atoms with Crippen LogP contribution in [0.15, 0.2) is 0 Å². The number of aliphatic carboxylic acids is 1. The zero-order chi connectivity index (χ0) is 12.3. The maximum atomic E-state index is 10.7. The van der Waals surface area contributed by atoms with Gasteiger partial charge in [0.1, 0.15) is 12.2 Å². The molecule has 1 heterocycles. The van der Waals surface area contributed by atoms with E-state index in [0.717, 1.165) is 17.8 Å². The Labute approximate surface area is 101 Å². The van der Waals surface area contributed by atoms with E-state index in [1.165, 1.54) is 32.1 Å². The summed E-state index contributed by atoms with van der Waals surface area (Å²) in [5.41, 5.74) is 2.26. The Bertz CT molecular complexity index is 392. The fourth-order valence-corrected chi connectivity index (χ4v) is 2.69. The molecule has 0 amide bonds. The number of aryl methyl sites for hydroxylation is 1. The molecule has 0 bridgehead atoms. The van der Waals surface area contributed by atoms with Crippen molar-refractivity contribution in [2.45, 2.75) is 57.8 Å². The van der Waals surface area contributed by atoms with Gasteiger partial charge >= 0.3 is 5.97 Å². The van der Waals surface area contributed by atoms with Crippen molar-refractivity contribution in [3.63, 3.8) is 0 Å². The number of carbonyl (C=O) groups is 1. The summed E-state index contributed by atoms with van der Waals surface area (Å²) < 4.78 is 0. The molecular weight excluding hydrogens is 216 g/mol. The van der Waals surface area contributed by atoms with E-state index in [1.807, 2.05) is 0 Å². The normalized spacial score (nSPS) is 17.2. The van der Waals surface area contributed by atoms with Crippen LogP contribution in [0, 0.1) is 0 Å². The zero-order valence-electron chi connectivity index (χ0n) is 10.3. The highest BCUT2D eigenvalue weighted by atomic mass is 16.4. The van der Waals surface area contributed by atoms with E-state index in [0.29, 0.717) is 11.7 Å². The van der Waals surface area contributed by atoms with Crippen LogP contribution in [0.4, 0.5) is 0 Å². The monoisotopic (exact) mass is 236 g/mol. The molecule has 0 spiro atoms. The third-order valence-corrected chi connectivity index (χ3v) is 3.52. The van der Waals surface area contributed by atoms with E-state index < -0.39 is 5.97 Å². The summed E-state index contributed by atoms with van der Waals surface area (Å²) in [7, 11) is 0. The third kappa shape index (κ3) is 2.87. The summed E-state index contributed by atoms with van der Waals surface area (Å²) in [6.45, 7) is 2.09. The Morgan fingerprint density at radius 1 is 1.41 bits per heavy atom. The summed E-state index contributed by atoms with van der Waals surface area (Å²) in [4.78, 5) is 18.4. The number of rotatable bonds is 4. The van der Waals surface area contributed by atoms with Gasteiger partial charge < -0.3 is 10.1 Å². The molecule has 17 heavy (non-hydrogen) atoms. The van der Waals surface area contributed by atoms with E-state index >= 15 is 0 Å². The van der Waals surface area contributed by atoms with Crippen molar-refractivity contribution in [3.8, 4) is 0 Å². The lowest BCUT2D eigenvalue weighted by Crippen LogP contribution is -2.07. The highest BCUT2D eigenvalue weighted by Gasteiger charge is 2.22. The molecule has 1 aliphatic rings. The molecule has 2 rings (SSSR count). The Balaban J connectivity index is 2.18. The van der Waals surface area contributed by atoms with Crippen molar-refractivity contribution in [2.75, 3.05) is 0 Å². The second kappa shape index (κ2) is 5.34. The van der Waals surface area contributed by atoms with Crippen LogP contribution in [-0.4, -0.2) is 21.0 Å². The summed E-state index contributed by atoms with van der Waals surface area (Å²) in [5, 5.41) is 8.79. The lowest BCUT2D eigenvalue weighted by molar-refractivity contribution is -0.136. The number of nitrogens with zero attached hydrogens (tertiary/aromatic N) is 1. The number of nitrogens with one attached hydrogen (secondary N) is 1. The minimum atomic E-state index is -0.823. The van der Waals surface area contributed by atoms with Crippen LogP contribution < -0.4 is 0 Å². The van der Waals surface area contributed by atoms with Crippen LogP contribution in [-0.2, 0) is 17.6 Å². The maximum absolute atomic E-state index is 10.7. The second-order valence-corrected chi connectivity index (χ2v) is 4.81. The number of hydrogen-bond acceptors (Lipinski definition) is 2. The quantitative estimate of drug-likeness (QED) is 0.844. The number of aromatic amines is 1. The summed E-state index contributed by atoms with van der Waals surface area (Å²) >= 11 is 0. The molecule has 1 fully saturated rings. The topological polar surface area (TPSA) is 66.0 Å². The molecule has 4 nitrogen and oxygen atoms in total. The maximum Gasteiger partial charge on any atom is 0.311 e. The SMILES string of the molecule is CCc1[nH]c(CC(=O)O)nc1C1CCCCC1. The first-order valence-electron chi connectivity index (χ1n) is 6.50. The molecule has 1 aromatic heterocycles. The van der Waals surface area contributed by atoms with Crippen LogP contribution in [0.5, 0.6) is 0 Å². The first-order chi connectivity index (χ1) is 8.20. The predicted octanol–water partition coefficient (Wildman–Crippen LogP) is 2.65. The van der Waals surface area contributed by atoms with Gasteiger partial charge in [0.25, 0.3) is 0 Å². The molecule has 1 aliphatic carbocycles. The van der Waals surface area contributed by atoms with Gasteiger partial charge in [-0.25, -0.2) is 4.98 Å². The minimum absolute atomic E-state index is 0.000278. The van der Waals surface area contributed by atoms with Crippen LogP contribution in [0.25, 0.3) is 0 Å². The number of carboxylic acid groups (broad SMARTS) is 1. The van der Waals surface area contributed by atoms with Gasteiger partial charge in [0, 0.05) is 11.6 Å². The number of hydrogen-bond donors (Lipinski definition) is 2. The lowest BCUT2D eigenvalue weighted by Gasteiger charge is -2.20. The standard InChI is InChI=1S/C13H20N2O2/c1-2-10-13(9-6-4-3-5-7-9)15-11(14-10)8-12(16)17/h9H,2-8H2,1H3,(H,14,15)(H,16,17). The molecule has 0 saturated heterocycles. The summed E-state index contributed by atoms with van der Waals surface area (Å²) in [6.07, 6.45) is 7.17. The van der Waals surface area contributed by atoms with Crippen LogP contribution in [0.1, 0.15) is 62.2 Å². The Morgan fingerprint density at radius 3 is 2.71 bits per heavy atom. The van der Waals surface area contributed by atoms with Gasteiger partial charge in [-0.2, -0.15) is 0 Å². The second-order valence-electron chi connectivity index (χ2n) is 4.81. The van der Waals surface area contributed by atoms with E-state index in [-0.39, 0.29) is 6.42 Å². The first kappa shape index (κ1) is 12.1. The van der Waals surface area contributed by atoms with E-state index in [4.69, 9.17) is 5.11 Å². The average molecular weight is 236 g/mol. The van der Waals surface area contributed by atoms with Crippen molar-refractivity contribution < 1.29 is 9.90 Å². The summed E-state index contributed by atoms with van der Waals surface area (Å²) in [5.74, 6) is 0.323. The number of carboxylic acids is 1. The lowest BCUT2D eigenvalue weighted by atomic mass is 9.86. The fraction of sp³-hybridized carbons (Fsp3) is 0.692. The molecule has 0 atom stereocenters. The molecule has 2 N–H and O–H groups in total. The van der Waals surface area contributed by atoms with Crippen molar-refractivity contribution in [1.29, 1.82) is 0 Å². The Morgan fingerprint density at radius 2 is 2.12 bits per heavy atom. The fourth-order valence-electron chi connectivity index (χ4n) is 2.69. The number of imidazole rings is 1. The predicted molar refractivity (Wildman–Crippen MR) is 65.1 cm³/mol. The molecule has 1 saturated carbocycles. The highest BCUT2D eigenvalue weighted by Crippen LogP contribution is 2.33. The minimum Gasteiger partial charge on any atom is -0.481 e. The van der Waals surface area contributed by atoms with Crippen molar-refractivity contribution in [3.05, 3.63) is 17.2 Å². The van der Waals surface area contributed by atoms with Crippen LogP contribution in [0.2, 0.25) is 0 Å². The van der Waals surface area contributed by atoms with Crippen molar-refractivity contribution >= 4 is 5.97 Å². The average Bonchev–Trinajstić information content (AvgIpc) is 2.72. The van der Waals surface area contributed by atoms with Crippen LogP contribution >= 0.6 is 0 Å². The van der Waals surface area contributed by atoms with Gasteiger partial charge in [-0.15, -0.1) is 0 Å². The molecular formula is C13H20N2O2. The molecule has 0 aromatic carbocycles. The van der Waals surface area contributed by atoms with Gasteiger partial charge in [-0.1, -0.05) is 26.2 Å². The molecule has 0 radical (unpaired) electrons.